The molecule has 0 bridgehead atoms. The number of benzene rings is 2. The zero-order valence-corrected chi connectivity index (χ0v) is 17.8. The van der Waals surface area contributed by atoms with Crippen LogP contribution in [0, 0.1) is 0 Å². The van der Waals surface area contributed by atoms with Crippen LogP contribution in [0.5, 0.6) is 0 Å². The molecule has 2 aromatic heterocycles. The largest absolute Gasteiger partial charge is 0.315 e. The summed E-state index contributed by atoms with van der Waals surface area (Å²) in [4.78, 5) is 37.2. The van der Waals surface area contributed by atoms with Crippen molar-refractivity contribution in [1.82, 2.24) is 9.97 Å². The highest BCUT2D eigenvalue weighted by molar-refractivity contribution is 8.00. The zero-order valence-electron chi connectivity index (χ0n) is 16.2. The molecule has 0 unspecified atom stereocenters. The molecule has 0 radical (unpaired) electrons. The summed E-state index contributed by atoms with van der Waals surface area (Å²) in [6, 6.07) is 17.8. The molecule has 7 heteroatoms. The first-order chi connectivity index (χ1) is 14.6. The van der Waals surface area contributed by atoms with Crippen molar-refractivity contribution in [3.63, 3.8) is 0 Å². The Morgan fingerprint density at radius 3 is 2.80 bits per heavy atom. The van der Waals surface area contributed by atoms with Gasteiger partial charge in [-0.2, -0.15) is 0 Å². The van der Waals surface area contributed by atoms with E-state index in [1.165, 1.54) is 11.8 Å². The van der Waals surface area contributed by atoms with Gasteiger partial charge in [0.1, 0.15) is 16.2 Å². The molecular formula is C23H17N3O2S2. The van der Waals surface area contributed by atoms with E-state index in [0.29, 0.717) is 12.0 Å². The van der Waals surface area contributed by atoms with Crippen molar-refractivity contribution in [2.75, 3.05) is 17.7 Å². The number of carbonyl (C=O) groups excluding carboxylic acids is 2. The number of thiophene rings is 1. The Balaban J connectivity index is 1.37. The summed E-state index contributed by atoms with van der Waals surface area (Å²) in [7, 11) is 1.76. The summed E-state index contributed by atoms with van der Waals surface area (Å²) < 4.78 is 0. The predicted octanol–water partition coefficient (Wildman–Crippen LogP) is 4.85. The maximum atomic E-state index is 12.8. The van der Waals surface area contributed by atoms with Crippen LogP contribution < -0.4 is 4.90 Å². The van der Waals surface area contributed by atoms with Crippen molar-refractivity contribution in [3.05, 3.63) is 72.1 Å². The minimum Gasteiger partial charge on any atom is -0.315 e. The van der Waals surface area contributed by atoms with Gasteiger partial charge in [-0.05, 0) is 35.4 Å². The van der Waals surface area contributed by atoms with Crippen molar-refractivity contribution >= 4 is 50.7 Å². The normalized spacial score (nSPS) is 13.1. The molecule has 4 aromatic rings. The number of amides is 1. The van der Waals surface area contributed by atoms with E-state index in [9.17, 15) is 9.59 Å². The van der Waals surface area contributed by atoms with Gasteiger partial charge in [0.05, 0.1) is 12.2 Å². The molecule has 148 valence electrons. The molecule has 2 aromatic carbocycles. The maximum absolute atomic E-state index is 12.8. The third kappa shape index (κ3) is 3.40. The highest BCUT2D eigenvalue weighted by Crippen LogP contribution is 2.36. The molecule has 1 aliphatic heterocycles. The van der Waals surface area contributed by atoms with Crippen LogP contribution in [-0.4, -0.2) is 34.5 Å². The summed E-state index contributed by atoms with van der Waals surface area (Å²) in [5.74, 6) is 0.361. The van der Waals surface area contributed by atoms with Crippen molar-refractivity contribution in [2.45, 2.75) is 11.4 Å². The van der Waals surface area contributed by atoms with E-state index in [0.717, 1.165) is 36.9 Å². The summed E-state index contributed by atoms with van der Waals surface area (Å²) in [5.41, 5.74) is 3.57. The average Bonchev–Trinajstić information content (AvgIpc) is 3.33. The van der Waals surface area contributed by atoms with Crippen LogP contribution in [0.3, 0.4) is 0 Å². The number of nitrogens with zero attached hydrogens (tertiary/aromatic N) is 3. The van der Waals surface area contributed by atoms with E-state index in [-0.39, 0.29) is 17.4 Å². The van der Waals surface area contributed by atoms with Gasteiger partial charge in [-0.1, -0.05) is 42.1 Å². The molecule has 0 N–H and O–H groups in total. The van der Waals surface area contributed by atoms with Crippen LogP contribution in [0.2, 0.25) is 0 Å². The number of hydrogen-bond acceptors (Lipinski definition) is 6. The number of fused-ring (bicyclic) bond motifs is 2. The molecule has 1 amide bonds. The molecule has 0 fully saturated rings. The lowest BCUT2D eigenvalue weighted by atomic mass is 10.1. The summed E-state index contributed by atoms with van der Waals surface area (Å²) in [6.07, 6.45) is 1.90. The second kappa shape index (κ2) is 7.66. The van der Waals surface area contributed by atoms with E-state index >= 15 is 0 Å². The molecule has 5 rings (SSSR count). The smallest absolute Gasteiger partial charge is 0.231 e. The Bertz CT molecular complexity index is 1280. The Morgan fingerprint density at radius 2 is 1.97 bits per heavy atom. The number of Topliss-reactive ketones (excluding diaryl/α,β-unsaturated/α-hetero) is 1. The SMILES string of the molecule is CN1C(=O)Cc2cc(C(=O)CSc3ncnc4sc(-c5ccccc5)cc34)ccc21. The lowest BCUT2D eigenvalue weighted by molar-refractivity contribution is -0.117. The fourth-order valence-electron chi connectivity index (χ4n) is 3.55. The number of anilines is 1. The first-order valence-corrected chi connectivity index (χ1v) is 11.3. The topological polar surface area (TPSA) is 63.2 Å². The Morgan fingerprint density at radius 1 is 1.13 bits per heavy atom. The highest BCUT2D eigenvalue weighted by Gasteiger charge is 2.24. The molecule has 0 aliphatic carbocycles. The standard InChI is InChI=1S/C23H17N3O2S2/c1-26-18-8-7-15(9-16(18)10-21(26)28)19(27)12-29-22-17-11-20(14-5-3-2-4-6-14)30-23(17)25-13-24-22/h2-9,11,13H,10,12H2,1H3. The van der Waals surface area contributed by atoms with Crippen LogP contribution in [0.4, 0.5) is 5.69 Å². The van der Waals surface area contributed by atoms with Gasteiger partial charge in [0.25, 0.3) is 0 Å². The number of aromatic nitrogens is 2. The zero-order chi connectivity index (χ0) is 20.7. The number of ketones is 1. The van der Waals surface area contributed by atoms with Crippen LogP contribution in [-0.2, 0) is 11.2 Å². The highest BCUT2D eigenvalue weighted by atomic mass is 32.2. The predicted molar refractivity (Wildman–Crippen MR) is 121 cm³/mol. The van der Waals surface area contributed by atoms with Crippen LogP contribution in [0.1, 0.15) is 15.9 Å². The van der Waals surface area contributed by atoms with E-state index in [4.69, 9.17) is 0 Å². The van der Waals surface area contributed by atoms with Crippen LogP contribution >= 0.6 is 23.1 Å². The van der Waals surface area contributed by atoms with Gasteiger partial charge in [0, 0.05) is 28.6 Å². The quantitative estimate of drug-likeness (QED) is 0.257. The van der Waals surface area contributed by atoms with Gasteiger partial charge in [0.15, 0.2) is 5.78 Å². The van der Waals surface area contributed by atoms with Gasteiger partial charge in [0.2, 0.25) is 5.91 Å². The number of carbonyl (C=O) groups is 2. The second-order valence-corrected chi connectivity index (χ2v) is 9.05. The first kappa shape index (κ1) is 19.0. The Labute approximate surface area is 181 Å². The van der Waals surface area contributed by atoms with Gasteiger partial charge in [-0.15, -0.1) is 11.3 Å². The number of likely N-dealkylation sites (N-methyl/N-ethyl adjacent to an activating group) is 1. The molecule has 0 atom stereocenters. The number of hydrogen-bond donors (Lipinski definition) is 0. The number of rotatable bonds is 5. The molecule has 0 saturated carbocycles. The summed E-state index contributed by atoms with van der Waals surface area (Å²) >= 11 is 3.05. The lowest BCUT2D eigenvalue weighted by Gasteiger charge is -2.10. The average molecular weight is 432 g/mol. The van der Waals surface area contributed by atoms with Gasteiger partial charge in [-0.3, -0.25) is 9.59 Å². The second-order valence-electron chi connectivity index (χ2n) is 7.06. The van der Waals surface area contributed by atoms with Crippen molar-refractivity contribution in [3.8, 4) is 10.4 Å². The first-order valence-electron chi connectivity index (χ1n) is 9.45. The van der Waals surface area contributed by atoms with E-state index in [1.54, 1.807) is 35.7 Å². The van der Waals surface area contributed by atoms with E-state index < -0.39 is 0 Å². The molecule has 30 heavy (non-hydrogen) atoms. The molecule has 0 saturated heterocycles. The molecule has 5 nitrogen and oxygen atoms in total. The third-order valence-electron chi connectivity index (χ3n) is 5.17. The molecular weight excluding hydrogens is 414 g/mol. The minimum atomic E-state index is 0.0232. The van der Waals surface area contributed by atoms with Crippen molar-refractivity contribution in [1.29, 1.82) is 0 Å². The fourth-order valence-corrected chi connectivity index (χ4v) is 5.49. The van der Waals surface area contributed by atoms with Crippen LogP contribution in [0.15, 0.2) is 66.0 Å². The van der Waals surface area contributed by atoms with Crippen molar-refractivity contribution < 1.29 is 9.59 Å². The van der Waals surface area contributed by atoms with E-state index in [2.05, 4.69) is 28.2 Å². The summed E-state index contributed by atoms with van der Waals surface area (Å²) in [5, 5.41) is 1.78. The Hall–Kier alpha value is -3.03. The van der Waals surface area contributed by atoms with Crippen molar-refractivity contribution in [2.24, 2.45) is 0 Å². The minimum absolute atomic E-state index is 0.0232. The van der Waals surface area contributed by atoms with Crippen LogP contribution in [0.25, 0.3) is 20.7 Å². The van der Waals surface area contributed by atoms with Gasteiger partial charge >= 0.3 is 0 Å². The lowest BCUT2D eigenvalue weighted by Crippen LogP contribution is -2.20. The number of thioether (sulfide) groups is 1. The molecule has 0 spiro atoms. The molecule has 3 heterocycles. The third-order valence-corrected chi connectivity index (χ3v) is 7.27. The van der Waals surface area contributed by atoms with Gasteiger partial charge < -0.3 is 4.90 Å². The van der Waals surface area contributed by atoms with Gasteiger partial charge in [-0.25, -0.2) is 9.97 Å². The monoisotopic (exact) mass is 431 g/mol. The summed E-state index contributed by atoms with van der Waals surface area (Å²) in [6.45, 7) is 0. The maximum Gasteiger partial charge on any atom is 0.231 e. The fraction of sp³-hybridized carbons (Fsp3) is 0.130. The molecule has 1 aliphatic rings. The van der Waals surface area contributed by atoms with E-state index in [1.807, 2.05) is 30.3 Å². The Kier molecular flexibility index (Phi) is 4.84.